The third-order valence-electron chi connectivity index (χ3n) is 5.24. The summed E-state index contributed by atoms with van der Waals surface area (Å²) in [5, 5.41) is 4.94. The van der Waals surface area contributed by atoms with Crippen LogP contribution in [0.1, 0.15) is 12.5 Å². The van der Waals surface area contributed by atoms with Crippen LogP contribution in [0.4, 0.5) is 4.79 Å². The van der Waals surface area contributed by atoms with Gasteiger partial charge in [-0.25, -0.2) is 4.79 Å². The van der Waals surface area contributed by atoms with E-state index in [-0.39, 0.29) is 19.1 Å². The lowest BCUT2D eigenvalue weighted by Crippen LogP contribution is -2.41. The Kier molecular flexibility index (Phi) is 4.84. The topological polar surface area (TPSA) is 67.9 Å². The first-order chi connectivity index (χ1) is 14.0. The van der Waals surface area contributed by atoms with Gasteiger partial charge in [0.15, 0.2) is 11.5 Å². The Balaban J connectivity index is 1.50. The average molecular weight is 390 g/mol. The summed E-state index contributed by atoms with van der Waals surface area (Å²) >= 11 is 0. The largest absolute Gasteiger partial charge is 0.493 e. The number of fused-ring (bicyclic) bond motifs is 1. The molecule has 3 aromatic carbocycles. The summed E-state index contributed by atoms with van der Waals surface area (Å²) in [6.07, 6.45) is 0. The monoisotopic (exact) mass is 390 g/mol. The number of nitrogens with zero attached hydrogens (tertiary/aromatic N) is 1. The number of hydrogen-bond acceptors (Lipinski definition) is 4. The fraction of sp³-hybridized carbons (Fsp3) is 0.217. The maximum Gasteiger partial charge on any atom is 0.325 e. The standard InChI is InChI=1S/C23H22N2O4/c1-23(18-12-11-16-7-3-4-8-17(16)15-18)21(26)25(22(27)24-23)13-14-29-20-10-6-5-9-19(20)28-2/h3-12,15H,13-14H2,1-2H3,(H,24,27). The molecule has 148 valence electrons. The summed E-state index contributed by atoms with van der Waals surface area (Å²) in [5.41, 5.74) is -0.353. The van der Waals surface area contributed by atoms with Gasteiger partial charge in [-0.15, -0.1) is 0 Å². The van der Waals surface area contributed by atoms with Gasteiger partial charge in [-0.05, 0) is 41.5 Å². The van der Waals surface area contributed by atoms with Crippen LogP contribution in [-0.4, -0.2) is 37.1 Å². The van der Waals surface area contributed by atoms with Crippen LogP contribution in [0.3, 0.4) is 0 Å². The van der Waals surface area contributed by atoms with Crippen molar-refractivity contribution in [2.45, 2.75) is 12.5 Å². The summed E-state index contributed by atoms with van der Waals surface area (Å²) in [7, 11) is 1.56. The van der Waals surface area contributed by atoms with E-state index in [1.807, 2.05) is 54.6 Å². The van der Waals surface area contributed by atoms with Crippen molar-refractivity contribution in [2.75, 3.05) is 20.3 Å². The van der Waals surface area contributed by atoms with Crippen molar-refractivity contribution < 1.29 is 19.1 Å². The number of urea groups is 1. The molecule has 3 aromatic rings. The van der Waals surface area contributed by atoms with E-state index in [0.717, 1.165) is 16.3 Å². The van der Waals surface area contributed by atoms with Crippen molar-refractivity contribution in [3.05, 3.63) is 72.3 Å². The molecular formula is C23H22N2O4. The number of para-hydroxylation sites is 2. The van der Waals surface area contributed by atoms with E-state index < -0.39 is 11.6 Å². The molecule has 1 unspecified atom stereocenters. The van der Waals surface area contributed by atoms with E-state index in [1.54, 1.807) is 26.2 Å². The van der Waals surface area contributed by atoms with E-state index >= 15 is 0 Å². The van der Waals surface area contributed by atoms with Crippen molar-refractivity contribution in [1.82, 2.24) is 10.2 Å². The highest BCUT2D eigenvalue weighted by Crippen LogP contribution is 2.31. The molecule has 0 aromatic heterocycles. The van der Waals surface area contributed by atoms with Crippen LogP contribution in [0, 0.1) is 0 Å². The van der Waals surface area contributed by atoms with Crippen molar-refractivity contribution in [1.29, 1.82) is 0 Å². The average Bonchev–Trinajstić information content (AvgIpc) is 2.97. The minimum atomic E-state index is -1.11. The van der Waals surface area contributed by atoms with Crippen LogP contribution in [-0.2, 0) is 10.3 Å². The number of imide groups is 1. The third kappa shape index (κ3) is 3.38. The van der Waals surface area contributed by atoms with Gasteiger partial charge in [-0.3, -0.25) is 9.69 Å². The molecule has 0 saturated carbocycles. The number of carbonyl (C=O) groups excluding carboxylic acids is 2. The molecule has 6 heteroatoms. The van der Waals surface area contributed by atoms with Crippen molar-refractivity contribution in [3.8, 4) is 11.5 Å². The molecule has 1 heterocycles. The zero-order valence-corrected chi connectivity index (χ0v) is 16.3. The number of ether oxygens (including phenoxy) is 2. The number of benzene rings is 3. The molecule has 3 amide bonds. The predicted molar refractivity (Wildman–Crippen MR) is 110 cm³/mol. The van der Waals surface area contributed by atoms with Gasteiger partial charge < -0.3 is 14.8 Å². The summed E-state index contributed by atoms with van der Waals surface area (Å²) in [6.45, 7) is 2.05. The molecule has 0 radical (unpaired) electrons. The SMILES string of the molecule is COc1ccccc1OCCN1C(=O)NC(C)(c2ccc3ccccc3c2)C1=O. The van der Waals surface area contributed by atoms with Gasteiger partial charge in [0.1, 0.15) is 12.1 Å². The Morgan fingerprint density at radius 1 is 0.931 bits per heavy atom. The van der Waals surface area contributed by atoms with E-state index in [9.17, 15) is 9.59 Å². The quantitative estimate of drug-likeness (QED) is 0.652. The van der Waals surface area contributed by atoms with Gasteiger partial charge in [0.2, 0.25) is 0 Å². The molecule has 1 aliphatic rings. The Morgan fingerprint density at radius 2 is 1.62 bits per heavy atom. The first kappa shape index (κ1) is 18.8. The maximum absolute atomic E-state index is 13.1. The number of hydrogen-bond donors (Lipinski definition) is 1. The Labute approximate surface area is 169 Å². The summed E-state index contributed by atoms with van der Waals surface area (Å²) in [6, 6.07) is 20.5. The van der Waals surface area contributed by atoms with Gasteiger partial charge >= 0.3 is 6.03 Å². The maximum atomic E-state index is 13.1. The second-order valence-corrected chi connectivity index (χ2v) is 7.07. The zero-order valence-electron chi connectivity index (χ0n) is 16.3. The number of carbonyl (C=O) groups is 2. The lowest BCUT2D eigenvalue weighted by atomic mass is 9.90. The minimum Gasteiger partial charge on any atom is -0.493 e. The molecule has 0 bridgehead atoms. The van der Waals surface area contributed by atoms with E-state index in [1.165, 1.54) is 4.90 Å². The number of amides is 3. The van der Waals surface area contributed by atoms with Crippen molar-refractivity contribution in [2.24, 2.45) is 0 Å². The molecule has 6 nitrogen and oxygen atoms in total. The van der Waals surface area contributed by atoms with E-state index in [4.69, 9.17) is 9.47 Å². The van der Waals surface area contributed by atoms with Gasteiger partial charge in [0.25, 0.3) is 5.91 Å². The van der Waals surface area contributed by atoms with E-state index in [2.05, 4.69) is 5.32 Å². The second-order valence-electron chi connectivity index (χ2n) is 7.07. The zero-order chi connectivity index (χ0) is 20.4. The summed E-state index contributed by atoms with van der Waals surface area (Å²) < 4.78 is 11.0. The van der Waals surface area contributed by atoms with Gasteiger partial charge in [0, 0.05) is 0 Å². The number of methoxy groups -OCH3 is 1. The summed E-state index contributed by atoms with van der Waals surface area (Å²) in [5.74, 6) is 0.881. The van der Waals surface area contributed by atoms with E-state index in [0.29, 0.717) is 11.5 Å². The number of nitrogens with one attached hydrogen (secondary N) is 1. The number of rotatable bonds is 6. The predicted octanol–water partition coefficient (Wildman–Crippen LogP) is 3.69. The lowest BCUT2D eigenvalue weighted by molar-refractivity contribution is -0.131. The highest BCUT2D eigenvalue weighted by Gasteiger charge is 2.48. The van der Waals surface area contributed by atoms with Crippen LogP contribution < -0.4 is 14.8 Å². The normalized spacial score (nSPS) is 18.8. The van der Waals surface area contributed by atoms with Crippen LogP contribution in [0.15, 0.2) is 66.7 Å². The third-order valence-corrected chi connectivity index (χ3v) is 5.24. The van der Waals surface area contributed by atoms with Crippen LogP contribution >= 0.6 is 0 Å². The van der Waals surface area contributed by atoms with Crippen LogP contribution in [0.25, 0.3) is 10.8 Å². The Morgan fingerprint density at radius 3 is 2.38 bits per heavy atom. The fourth-order valence-electron chi connectivity index (χ4n) is 3.58. The lowest BCUT2D eigenvalue weighted by Gasteiger charge is -2.23. The van der Waals surface area contributed by atoms with Gasteiger partial charge in [-0.2, -0.15) is 0 Å². The van der Waals surface area contributed by atoms with Crippen LogP contribution in [0.2, 0.25) is 0 Å². The molecule has 1 aliphatic heterocycles. The molecule has 1 atom stereocenters. The fourth-order valence-corrected chi connectivity index (χ4v) is 3.58. The van der Waals surface area contributed by atoms with Crippen molar-refractivity contribution >= 4 is 22.7 Å². The smallest absolute Gasteiger partial charge is 0.325 e. The first-order valence-electron chi connectivity index (χ1n) is 9.42. The summed E-state index contributed by atoms with van der Waals surface area (Å²) in [4.78, 5) is 26.8. The Bertz CT molecular complexity index is 1080. The molecular weight excluding hydrogens is 368 g/mol. The van der Waals surface area contributed by atoms with Crippen LogP contribution in [0.5, 0.6) is 11.5 Å². The second kappa shape index (κ2) is 7.47. The van der Waals surface area contributed by atoms with Gasteiger partial charge in [0.05, 0.1) is 13.7 Å². The minimum absolute atomic E-state index is 0.145. The molecule has 1 fully saturated rings. The molecule has 1 N–H and O–H groups in total. The molecule has 0 spiro atoms. The molecule has 0 aliphatic carbocycles. The molecule has 1 saturated heterocycles. The molecule has 29 heavy (non-hydrogen) atoms. The highest BCUT2D eigenvalue weighted by atomic mass is 16.5. The first-order valence-corrected chi connectivity index (χ1v) is 9.42. The van der Waals surface area contributed by atoms with Gasteiger partial charge in [-0.1, -0.05) is 48.5 Å². The Hall–Kier alpha value is -3.54. The molecule has 4 rings (SSSR count). The van der Waals surface area contributed by atoms with Crippen molar-refractivity contribution in [3.63, 3.8) is 0 Å². The highest BCUT2D eigenvalue weighted by molar-refractivity contribution is 6.07.